The Morgan fingerprint density at radius 1 is 1.09 bits per heavy atom. The van der Waals surface area contributed by atoms with Crippen LogP contribution in [-0.4, -0.2) is 70.9 Å². The first-order valence-electron chi connectivity index (χ1n) is 10.5. The predicted molar refractivity (Wildman–Crippen MR) is 121 cm³/mol. The number of nitro benzene ring substituents is 1. The first-order valence-corrected chi connectivity index (χ1v) is 10.8. The summed E-state index contributed by atoms with van der Waals surface area (Å²) in [6.07, 6.45) is 0. The molecule has 2 aromatic rings. The number of aliphatic hydroxyl groups excluding tert-OH is 1. The maximum atomic E-state index is 13.1. The van der Waals surface area contributed by atoms with E-state index in [0.29, 0.717) is 37.9 Å². The lowest BCUT2D eigenvalue weighted by Gasteiger charge is -2.30. The van der Waals surface area contributed by atoms with E-state index >= 15 is 0 Å². The second-order valence-corrected chi connectivity index (χ2v) is 8.21. The lowest BCUT2D eigenvalue weighted by atomic mass is 9.94. The predicted octanol–water partition coefficient (Wildman–Crippen LogP) is 3.00. The first-order chi connectivity index (χ1) is 15.9. The summed E-state index contributed by atoms with van der Waals surface area (Å²) in [5.74, 6) is -2.09. The van der Waals surface area contributed by atoms with Crippen LogP contribution in [0.3, 0.4) is 0 Å². The number of likely N-dealkylation sites (tertiary alicyclic amines) is 1. The number of rotatable bonds is 6. The van der Waals surface area contributed by atoms with Crippen LogP contribution in [0.4, 0.5) is 5.69 Å². The molecule has 0 spiro atoms. The van der Waals surface area contributed by atoms with Gasteiger partial charge in [-0.2, -0.15) is 0 Å². The molecule has 172 valence electrons. The third-order valence-corrected chi connectivity index (χ3v) is 6.10. The quantitative estimate of drug-likeness (QED) is 0.226. The highest BCUT2D eigenvalue weighted by Crippen LogP contribution is 2.42. The van der Waals surface area contributed by atoms with Gasteiger partial charge in [-0.3, -0.25) is 24.6 Å². The third kappa shape index (κ3) is 4.61. The van der Waals surface area contributed by atoms with Crippen molar-refractivity contribution in [3.05, 3.63) is 80.4 Å². The zero-order valence-corrected chi connectivity index (χ0v) is 18.4. The minimum Gasteiger partial charge on any atom is -0.507 e. The smallest absolute Gasteiger partial charge is 0.295 e. The summed E-state index contributed by atoms with van der Waals surface area (Å²) in [6.45, 7) is 3.15. The minimum atomic E-state index is -1.09. The van der Waals surface area contributed by atoms with Crippen molar-refractivity contribution in [3.63, 3.8) is 0 Å². The Hall–Kier alpha value is -3.27. The lowest BCUT2D eigenvalue weighted by Crippen LogP contribution is -2.42. The molecule has 1 atom stereocenters. The molecule has 9 nitrogen and oxygen atoms in total. The maximum absolute atomic E-state index is 13.1. The van der Waals surface area contributed by atoms with Crippen LogP contribution in [0.1, 0.15) is 17.2 Å². The number of carbonyl (C=O) groups excluding carboxylic acids is 2. The molecule has 2 saturated heterocycles. The highest BCUT2D eigenvalue weighted by atomic mass is 35.5. The van der Waals surface area contributed by atoms with Crippen LogP contribution >= 0.6 is 11.6 Å². The van der Waals surface area contributed by atoms with Crippen LogP contribution in [0.2, 0.25) is 5.02 Å². The Morgan fingerprint density at radius 2 is 1.76 bits per heavy atom. The van der Waals surface area contributed by atoms with Gasteiger partial charge in [0.05, 0.1) is 35.3 Å². The third-order valence-electron chi connectivity index (χ3n) is 5.85. The number of nitrogens with zero attached hydrogens (tertiary/aromatic N) is 3. The van der Waals surface area contributed by atoms with E-state index in [1.165, 1.54) is 35.2 Å². The van der Waals surface area contributed by atoms with Crippen molar-refractivity contribution < 1.29 is 24.4 Å². The van der Waals surface area contributed by atoms with Gasteiger partial charge in [0, 0.05) is 42.8 Å². The van der Waals surface area contributed by atoms with E-state index in [0.717, 1.165) is 0 Å². The number of morpholine rings is 1. The van der Waals surface area contributed by atoms with Crippen LogP contribution in [-0.2, 0) is 14.3 Å². The van der Waals surface area contributed by atoms with Crippen LogP contribution in [0.25, 0.3) is 5.76 Å². The number of ether oxygens (including phenoxy) is 1. The summed E-state index contributed by atoms with van der Waals surface area (Å²) < 4.78 is 5.35. The van der Waals surface area contributed by atoms with Crippen molar-refractivity contribution in [3.8, 4) is 0 Å². The largest absolute Gasteiger partial charge is 0.507 e. The summed E-state index contributed by atoms with van der Waals surface area (Å²) in [5, 5.41) is 23.2. The van der Waals surface area contributed by atoms with Crippen molar-refractivity contribution in [2.45, 2.75) is 6.04 Å². The number of amides is 1. The molecule has 1 amide bonds. The van der Waals surface area contributed by atoms with Gasteiger partial charge in [0.1, 0.15) is 5.76 Å². The number of hydrogen-bond acceptors (Lipinski definition) is 7. The lowest BCUT2D eigenvalue weighted by molar-refractivity contribution is -0.385. The number of hydrogen-bond donors (Lipinski definition) is 1. The van der Waals surface area contributed by atoms with Gasteiger partial charge in [-0.25, -0.2) is 0 Å². The molecule has 33 heavy (non-hydrogen) atoms. The standard InChI is InChI=1S/C23H22ClN3O6/c24-16-7-5-15(6-8-16)21(28)19-20(17-3-1-2-4-18(17)27(31)32)26(23(30)22(19)29)10-9-25-11-13-33-14-12-25/h1-8,20,28H,9-14H2/t20-/m1/s1. The molecule has 2 aliphatic heterocycles. The molecule has 0 saturated carbocycles. The Bertz CT molecular complexity index is 1110. The second kappa shape index (κ2) is 9.70. The molecule has 0 unspecified atom stereocenters. The van der Waals surface area contributed by atoms with Crippen molar-refractivity contribution in [2.24, 2.45) is 0 Å². The molecule has 2 fully saturated rings. The van der Waals surface area contributed by atoms with Crippen molar-refractivity contribution in [1.29, 1.82) is 0 Å². The number of halogens is 1. The zero-order valence-electron chi connectivity index (χ0n) is 17.6. The summed E-state index contributed by atoms with van der Waals surface area (Å²) in [6, 6.07) is 11.0. The number of Topliss-reactive ketones (excluding diaryl/α,β-unsaturated/α-hetero) is 1. The van der Waals surface area contributed by atoms with Crippen molar-refractivity contribution in [2.75, 3.05) is 39.4 Å². The van der Waals surface area contributed by atoms with Gasteiger partial charge in [-0.1, -0.05) is 23.7 Å². The SMILES string of the molecule is O=C1C(=O)N(CCN2CCOCC2)[C@H](c2ccccc2[N+](=O)[O-])C1=C(O)c1ccc(Cl)cc1. The van der Waals surface area contributed by atoms with Gasteiger partial charge >= 0.3 is 0 Å². The Kier molecular flexibility index (Phi) is 6.73. The number of nitro groups is 1. The average Bonchev–Trinajstić information content (AvgIpc) is 3.08. The Morgan fingerprint density at radius 3 is 2.42 bits per heavy atom. The van der Waals surface area contributed by atoms with Crippen LogP contribution in [0.15, 0.2) is 54.1 Å². The number of ketones is 1. The van der Waals surface area contributed by atoms with E-state index in [9.17, 15) is 24.8 Å². The zero-order chi connectivity index (χ0) is 23.5. The van der Waals surface area contributed by atoms with Crippen LogP contribution in [0, 0.1) is 10.1 Å². The molecular formula is C23H22ClN3O6. The topological polar surface area (TPSA) is 113 Å². The molecular weight excluding hydrogens is 450 g/mol. The fourth-order valence-corrected chi connectivity index (χ4v) is 4.28. The Labute approximate surface area is 195 Å². The van der Waals surface area contributed by atoms with Gasteiger partial charge in [-0.15, -0.1) is 0 Å². The summed E-state index contributed by atoms with van der Waals surface area (Å²) in [5.41, 5.74) is 0.0368. The van der Waals surface area contributed by atoms with E-state index in [2.05, 4.69) is 4.90 Å². The van der Waals surface area contributed by atoms with Gasteiger partial charge in [0.25, 0.3) is 17.4 Å². The summed E-state index contributed by atoms with van der Waals surface area (Å²) in [7, 11) is 0. The average molecular weight is 472 g/mol. The van der Waals surface area contributed by atoms with Crippen molar-refractivity contribution in [1.82, 2.24) is 9.80 Å². The number of para-hydroxylation sites is 1. The molecule has 0 aromatic heterocycles. The first kappa shape index (κ1) is 22.9. The molecule has 2 heterocycles. The monoisotopic (exact) mass is 471 g/mol. The molecule has 4 rings (SSSR count). The maximum Gasteiger partial charge on any atom is 0.295 e. The number of benzene rings is 2. The van der Waals surface area contributed by atoms with Gasteiger partial charge in [0.15, 0.2) is 0 Å². The molecule has 0 radical (unpaired) electrons. The van der Waals surface area contributed by atoms with E-state index in [4.69, 9.17) is 16.3 Å². The highest BCUT2D eigenvalue weighted by Gasteiger charge is 2.48. The van der Waals surface area contributed by atoms with E-state index in [1.807, 2.05) is 0 Å². The molecule has 2 aliphatic rings. The van der Waals surface area contributed by atoms with E-state index < -0.39 is 28.4 Å². The van der Waals surface area contributed by atoms with E-state index in [-0.39, 0.29) is 28.9 Å². The minimum absolute atomic E-state index is 0.165. The fraction of sp³-hybridized carbons (Fsp3) is 0.304. The highest BCUT2D eigenvalue weighted by molar-refractivity contribution is 6.46. The molecule has 0 aliphatic carbocycles. The van der Waals surface area contributed by atoms with E-state index in [1.54, 1.807) is 18.2 Å². The number of carbonyl (C=O) groups is 2. The van der Waals surface area contributed by atoms with Gasteiger partial charge in [-0.05, 0) is 30.3 Å². The molecule has 2 aromatic carbocycles. The number of aliphatic hydroxyl groups is 1. The molecule has 10 heteroatoms. The van der Waals surface area contributed by atoms with Crippen LogP contribution in [0.5, 0.6) is 0 Å². The summed E-state index contributed by atoms with van der Waals surface area (Å²) in [4.78, 5) is 40.7. The summed E-state index contributed by atoms with van der Waals surface area (Å²) >= 11 is 5.93. The second-order valence-electron chi connectivity index (χ2n) is 7.77. The normalized spacial score (nSPS) is 20.9. The fourth-order valence-electron chi connectivity index (χ4n) is 4.16. The van der Waals surface area contributed by atoms with Gasteiger partial charge < -0.3 is 14.7 Å². The van der Waals surface area contributed by atoms with Gasteiger partial charge in [0.2, 0.25) is 0 Å². The Balaban J connectivity index is 1.80. The molecule has 1 N–H and O–H groups in total. The molecule has 0 bridgehead atoms. The van der Waals surface area contributed by atoms with Crippen LogP contribution < -0.4 is 0 Å². The van der Waals surface area contributed by atoms with Crippen molar-refractivity contribution >= 4 is 34.7 Å².